The van der Waals surface area contributed by atoms with Gasteiger partial charge in [-0.2, -0.15) is 0 Å². The second kappa shape index (κ2) is 3.58. The van der Waals surface area contributed by atoms with Crippen LogP contribution in [0.25, 0.3) is 0 Å². The molecule has 0 saturated carbocycles. The lowest BCUT2D eigenvalue weighted by molar-refractivity contribution is 0.419. The molecule has 0 aliphatic rings. The van der Waals surface area contributed by atoms with Crippen LogP contribution in [-0.2, 0) is 0 Å². The summed E-state index contributed by atoms with van der Waals surface area (Å²) in [6.45, 7) is 2.95. The average molecular weight is 120 g/mol. The molecule has 0 fully saturated rings. The van der Waals surface area contributed by atoms with Gasteiger partial charge in [0.1, 0.15) is 6.17 Å². The minimum absolute atomic E-state index is 0.286. The van der Waals surface area contributed by atoms with Crippen molar-refractivity contribution in [1.82, 2.24) is 0 Å². The zero-order valence-corrected chi connectivity index (χ0v) is 5.12. The molecule has 0 aromatic heterocycles. The minimum atomic E-state index is -1.16. The first-order valence-electron chi connectivity index (χ1n) is 2.67. The van der Waals surface area contributed by atoms with Gasteiger partial charge in [-0.1, -0.05) is 6.92 Å². The highest BCUT2D eigenvalue weighted by atomic mass is 19.1. The number of hydrogen-bond acceptors (Lipinski definition) is 0. The molecule has 0 N–H and O–H groups in total. The lowest BCUT2D eigenvalue weighted by Gasteiger charge is -1.90. The lowest BCUT2D eigenvalue weighted by Crippen LogP contribution is -1.84. The van der Waals surface area contributed by atoms with Gasteiger partial charge in [0.25, 0.3) is 0 Å². The van der Waals surface area contributed by atoms with Crippen LogP contribution >= 0.6 is 0 Å². The van der Waals surface area contributed by atoms with Crippen molar-refractivity contribution in [2.45, 2.75) is 26.4 Å². The Morgan fingerprint density at radius 2 is 2.25 bits per heavy atom. The van der Waals surface area contributed by atoms with E-state index in [2.05, 4.69) is 0 Å². The molecule has 1 unspecified atom stereocenters. The summed E-state index contributed by atoms with van der Waals surface area (Å²) in [6, 6.07) is 0. The molecule has 48 valence electrons. The fourth-order valence-corrected chi connectivity index (χ4v) is 0.367. The van der Waals surface area contributed by atoms with Gasteiger partial charge in [0, 0.05) is 0 Å². The van der Waals surface area contributed by atoms with E-state index in [-0.39, 0.29) is 12.2 Å². The Hall–Kier alpha value is -0.400. The molecular weight excluding hydrogens is 110 g/mol. The second-order valence-corrected chi connectivity index (χ2v) is 1.64. The largest absolute Gasteiger partial charge is 0.243 e. The molecule has 0 amide bonds. The standard InChI is InChI=1S/C6H10F2/c1-3-6(8)4-5(2)7/h4-5H,3H2,1-2H3/b6-4+. The predicted molar refractivity (Wildman–Crippen MR) is 30.1 cm³/mol. The van der Waals surface area contributed by atoms with E-state index in [0.29, 0.717) is 0 Å². The molecular formula is C6H10F2. The van der Waals surface area contributed by atoms with E-state index in [1.807, 2.05) is 0 Å². The molecule has 8 heavy (non-hydrogen) atoms. The Balaban J connectivity index is 3.56. The first-order chi connectivity index (χ1) is 3.66. The number of hydrogen-bond donors (Lipinski definition) is 0. The Kier molecular flexibility index (Phi) is 3.40. The quantitative estimate of drug-likeness (QED) is 0.525. The van der Waals surface area contributed by atoms with Gasteiger partial charge in [0.15, 0.2) is 0 Å². The first kappa shape index (κ1) is 7.60. The van der Waals surface area contributed by atoms with Crippen LogP contribution in [0.3, 0.4) is 0 Å². The van der Waals surface area contributed by atoms with E-state index < -0.39 is 6.17 Å². The van der Waals surface area contributed by atoms with E-state index in [9.17, 15) is 8.78 Å². The van der Waals surface area contributed by atoms with Crippen LogP contribution < -0.4 is 0 Å². The molecule has 0 saturated heterocycles. The smallest absolute Gasteiger partial charge is 0.118 e. The Bertz CT molecular complexity index is 84.5. The molecule has 0 aliphatic heterocycles. The normalized spacial score (nSPS) is 16.2. The molecule has 0 aromatic carbocycles. The molecule has 0 radical (unpaired) electrons. The van der Waals surface area contributed by atoms with Gasteiger partial charge < -0.3 is 0 Å². The second-order valence-electron chi connectivity index (χ2n) is 1.64. The van der Waals surface area contributed by atoms with Gasteiger partial charge in [0.2, 0.25) is 0 Å². The average Bonchev–Trinajstić information content (AvgIpc) is 1.65. The van der Waals surface area contributed by atoms with Crippen LogP contribution in [0.2, 0.25) is 0 Å². The third kappa shape index (κ3) is 3.78. The first-order valence-corrected chi connectivity index (χ1v) is 2.67. The molecule has 1 atom stereocenters. The summed E-state index contributed by atoms with van der Waals surface area (Å²) in [5.74, 6) is -0.375. The molecule has 0 rings (SSSR count). The highest BCUT2D eigenvalue weighted by Gasteiger charge is 1.93. The molecule has 0 nitrogen and oxygen atoms in total. The summed E-state index contributed by atoms with van der Waals surface area (Å²) in [4.78, 5) is 0. The van der Waals surface area contributed by atoms with Crippen molar-refractivity contribution in [2.75, 3.05) is 0 Å². The summed E-state index contributed by atoms with van der Waals surface area (Å²) >= 11 is 0. The SMILES string of the molecule is CC/C(F)=C\C(C)F. The van der Waals surface area contributed by atoms with Crippen molar-refractivity contribution in [3.8, 4) is 0 Å². The lowest BCUT2D eigenvalue weighted by atomic mass is 10.3. The number of rotatable bonds is 2. The highest BCUT2D eigenvalue weighted by molar-refractivity contribution is 4.93. The minimum Gasteiger partial charge on any atom is -0.243 e. The topological polar surface area (TPSA) is 0 Å². The third-order valence-corrected chi connectivity index (χ3v) is 0.748. The summed E-state index contributed by atoms with van der Waals surface area (Å²) in [6.07, 6.45) is 0.101. The number of halogens is 2. The summed E-state index contributed by atoms with van der Waals surface area (Å²) in [7, 11) is 0. The van der Waals surface area contributed by atoms with E-state index >= 15 is 0 Å². The zero-order valence-electron chi connectivity index (χ0n) is 5.12. The highest BCUT2D eigenvalue weighted by Crippen LogP contribution is 2.04. The molecule has 0 spiro atoms. The summed E-state index contributed by atoms with van der Waals surface area (Å²) in [5.41, 5.74) is 0. The maximum Gasteiger partial charge on any atom is 0.118 e. The molecule has 2 heteroatoms. The molecule has 0 bridgehead atoms. The van der Waals surface area contributed by atoms with Crippen molar-refractivity contribution in [2.24, 2.45) is 0 Å². The van der Waals surface area contributed by atoms with E-state index in [1.54, 1.807) is 6.92 Å². The third-order valence-electron chi connectivity index (χ3n) is 0.748. The van der Waals surface area contributed by atoms with Crippen LogP contribution in [0.1, 0.15) is 20.3 Å². The van der Waals surface area contributed by atoms with Crippen molar-refractivity contribution in [3.05, 3.63) is 11.9 Å². The van der Waals surface area contributed by atoms with E-state index in [4.69, 9.17) is 0 Å². The number of alkyl halides is 1. The molecule has 0 aliphatic carbocycles. The predicted octanol–water partition coefficient (Wildman–Crippen LogP) is 2.61. The molecule has 0 aromatic rings. The maximum atomic E-state index is 12.0. The van der Waals surface area contributed by atoms with Gasteiger partial charge in [-0.15, -0.1) is 0 Å². The van der Waals surface area contributed by atoms with Crippen LogP contribution in [0.4, 0.5) is 8.78 Å². The fourth-order valence-electron chi connectivity index (χ4n) is 0.367. The van der Waals surface area contributed by atoms with Crippen LogP contribution in [0.15, 0.2) is 11.9 Å². The van der Waals surface area contributed by atoms with Crippen molar-refractivity contribution in [1.29, 1.82) is 0 Å². The molecule has 0 heterocycles. The zero-order chi connectivity index (χ0) is 6.57. The van der Waals surface area contributed by atoms with Gasteiger partial charge in [-0.05, 0) is 19.4 Å². The summed E-state index contributed by atoms with van der Waals surface area (Å²) < 4.78 is 23.8. The van der Waals surface area contributed by atoms with E-state index in [0.717, 1.165) is 6.08 Å². The fraction of sp³-hybridized carbons (Fsp3) is 0.667. The van der Waals surface area contributed by atoms with Gasteiger partial charge in [0.05, 0.1) is 5.83 Å². The Labute approximate surface area is 48.2 Å². The Morgan fingerprint density at radius 3 is 2.38 bits per heavy atom. The van der Waals surface area contributed by atoms with Crippen LogP contribution in [-0.4, -0.2) is 6.17 Å². The summed E-state index contributed by atoms with van der Waals surface area (Å²) in [5, 5.41) is 0. The van der Waals surface area contributed by atoms with E-state index in [1.165, 1.54) is 6.92 Å². The van der Waals surface area contributed by atoms with Gasteiger partial charge in [-0.3, -0.25) is 0 Å². The van der Waals surface area contributed by atoms with Crippen molar-refractivity contribution >= 4 is 0 Å². The maximum absolute atomic E-state index is 12.0. The van der Waals surface area contributed by atoms with Gasteiger partial charge >= 0.3 is 0 Å². The number of allylic oxidation sites excluding steroid dienone is 2. The van der Waals surface area contributed by atoms with Crippen LogP contribution in [0.5, 0.6) is 0 Å². The van der Waals surface area contributed by atoms with Crippen molar-refractivity contribution < 1.29 is 8.78 Å². The monoisotopic (exact) mass is 120 g/mol. The Morgan fingerprint density at radius 1 is 1.75 bits per heavy atom. The van der Waals surface area contributed by atoms with Crippen LogP contribution in [0, 0.1) is 0 Å². The van der Waals surface area contributed by atoms with Crippen molar-refractivity contribution in [3.63, 3.8) is 0 Å². The van der Waals surface area contributed by atoms with Gasteiger partial charge in [-0.25, -0.2) is 8.78 Å².